The summed E-state index contributed by atoms with van der Waals surface area (Å²) in [5.41, 5.74) is 0.752. The fraction of sp³-hybridized carbons (Fsp3) is 0.588. The predicted molar refractivity (Wildman–Crippen MR) is 90.0 cm³/mol. The number of carbonyl (C=O) groups is 1. The highest BCUT2D eigenvalue weighted by molar-refractivity contribution is 5.86. The summed E-state index contributed by atoms with van der Waals surface area (Å²) in [5.74, 6) is 0. The van der Waals surface area contributed by atoms with Crippen molar-refractivity contribution in [3.63, 3.8) is 0 Å². The van der Waals surface area contributed by atoms with E-state index in [-0.39, 0.29) is 6.09 Å². The number of aliphatic imine (C=N–C) groups is 1. The van der Waals surface area contributed by atoms with Crippen molar-refractivity contribution in [2.24, 2.45) is 4.99 Å². The normalized spacial score (nSPS) is 12.1. The third-order valence-corrected chi connectivity index (χ3v) is 2.53. The zero-order valence-electron chi connectivity index (χ0n) is 14.3. The van der Waals surface area contributed by atoms with Crippen molar-refractivity contribution >= 4 is 11.8 Å². The van der Waals surface area contributed by atoms with Crippen LogP contribution >= 0.6 is 0 Å². The van der Waals surface area contributed by atoms with Crippen LogP contribution in [0.1, 0.15) is 41.0 Å². The lowest BCUT2D eigenvalue weighted by atomic mass is 10.2. The van der Waals surface area contributed by atoms with Crippen molar-refractivity contribution < 1.29 is 9.53 Å². The first-order valence-corrected chi connectivity index (χ1v) is 7.43. The van der Waals surface area contributed by atoms with Crippen LogP contribution in [0.15, 0.2) is 29.3 Å². The minimum absolute atomic E-state index is 0.356. The Morgan fingerprint density at radius 1 is 1.45 bits per heavy atom. The number of carbonyl (C=O) groups excluding carboxylic acids is 1. The molecule has 5 nitrogen and oxygen atoms in total. The van der Waals surface area contributed by atoms with Crippen LogP contribution in [0.2, 0.25) is 0 Å². The van der Waals surface area contributed by atoms with Crippen LogP contribution in [0.4, 0.5) is 4.79 Å². The van der Waals surface area contributed by atoms with Crippen LogP contribution in [0, 0.1) is 11.3 Å². The predicted octanol–water partition coefficient (Wildman–Crippen LogP) is 3.73. The van der Waals surface area contributed by atoms with E-state index in [4.69, 9.17) is 10.00 Å². The minimum Gasteiger partial charge on any atom is -0.444 e. The van der Waals surface area contributed by atoms with Crippen LogP contribution < -0.4 is 0 Å². The summed E-state index contributed by atoms with van der Waals surface area (Å²) in [6.07, 6.45) is 3.75. The number of ether oxygens (including phenoxy) is 1. The highest BCUT2D eigenvalue weighted by Gasteiger charge is 2.21. The van der Waals surface area contributed by atoms with Gasteiger partial charge in [-0.1, -0.05) is 12.7 Å². The summed E-state index contributed by atoms with van der Waals surface area (Å²) in [6.45, 7) is 14.6. The number of allylic oxidation sites excluding steroid dienone is 2. The molecule has 1 amide bonds. The second-order valence-electron chi connectivity index (χ2n) is 5.94. The molecule has 0 aromatic carbocycles. The summed E-state index contributed by atoms with van der Waals surface area (Å²) >= 11 is 0. The molecular formula is C17H27N3O2. The number of amides is 1. The van der Waals surface area contributed by atoms with Gasteiger partial charge in [0.2, 0.25) is 0 Å². The molecule has 0 fully saturated rings. The van der Waals surface area contributed by atoms with Crippen molar-refractivity contribution in [3.05, 3.63) is 24.3 Å². The smallest absolute Gasteiger partial charge is 0.410 e. The minimum atomic E-state index is -0.532. The van der Waals surface area contributed by atoms with E-state index in [1.807, 2.05) is 46.8 Å². The first-order chi connectivity index (χ1) is 10.2. The van der Waals surface area contributed by atoms with Gasteiger partial charge in [-0.05, 0) is 47.1 Å². The van der Waals surface area contributed by atoms with E-state index >= 15 is 0 Å². The Kier molecular flexibility index (Phi) is 8.85. The van der Waals surface area contributed by atoms with Crippen molar-refractivity contribution in [1.82, 2.24) is 4.90 Å². The standard InChI is InChI=1S/C17H27N3O2/c1-7-19-15(3)13-20(16(21)22-17(4,5)6)11-9-8-10-14(2)12-18/h8,10H,2,7,9,11,13H2,1,3-6H3/b10-8-,19-15?. The van der Waals surface area contributed by atoms with Gasteiger partial charge in [-0.2, -0.15) is 5.26 Å². The van der Waals surface area contributed by atoms with Gasteiger partial charge in [0.05, 0.1) is 12.6 Å². The van der Waals surface area contributed by atoms with E-state index in [9.17, 15) is 4.79 Å². The maximum atomic E-state index is 12.2. The number of hydrogen-bond acceptors (Lipinski definition) is 4. The average Bonchev–Trinajstić information content (AvgIpc) is 2.40. The van der Waals surface area contributed by atoms with Gasteiger partial charge in [-0.3, -0.25) is 4.99 Å². The lowest BCUT2D eigenvalue weighted by molar-refractivity contribution is 0.0281. The Labute approximate surface area is 134 Å². The lowest BCUT2D eigenvalue weighted by Gasteiger charge is -2.27. The highest BCUT2D eigenvalue weighted by Crippen LogP contribution is 2.10. The van der Waals surface area contributed by atoms with Crippen LogP contribution in [-0.4, -0.2) is 41.9 Å². The fourth-order valence-electron chi connectivity index (χ4n) is 1.65. The second-order valence-corrected chi connectivity index (χ2v) is 5.94. The quantitative estimate of drug-likeness (QED) is 0.409. The molecule has 0 radical (unpaired) electrons. The average molecular weight is 305 g/mol. The second kappa shape index (κ2) is 9.78. The first-order valence-electron chi connectivity index (χ1n) is 7.43. The largest absolute Gasteiger partial charge is 0.444 e. The van der Waals surface area contributed by atoms with Crippen LogP contribution in [0.3, 0.4) is 0 Å². The summed E-state index contributed by atoms with van der Waals surface area (Å²) in [6, 6.07) is 1.95. The zero-order valence-corrected chi connectivity index (χ0v) is 14.3. The van der Waals surface area contributed by atoms with Gasteiger partial charge >= 0.3 is 6.09 Å². The van der Waals surface area contributed by atoms with Gasteiger partial charge < -0.3 is 9.64 Å². The van der Waals surface area contributed by atoms with E-state index < -0.39 is 5.60 Å². The molecule has 0 N–H and O–H groups in total. The number of nitriles is 1. The molecule has 0 rings (SSSR count). The molecule has 0 aliphatic heterocycles. The third-order valence-electron chi connectivity index (χ3n) is 2.53. The summed E-state index contributed by atoms with van der Waals surface area (Å²) in [5, 5.41) is 8.64. The molecule has 0 atom stereocenters. The summed E-state index contributed by atoms with van der Waals surface area (Å²) in [7, 11) is 0. The van der Waals surface area contributed by atoms with Crippen molar-refractivity contribution in [2.75, 3.05) is 19.6 Å². The van der Waals surface area contributed by atoms with E-state index in [1.54, 1.807) is 11.0 Å². The maximum Gasteiger partial charge on any atom is 0.410 e. The van der Waals surface area contributed by atoms with E-state index in [0.717, 1.165) is 5.71 Å². The van der Waals surface area contributed by atoms with Gasteiger partial charge in [0.25, 0.3) is 0 Å². The van der Waals surface area contributed by atoms with Gasteiger partial charge in [0.15, 0.2) is 0 Å². The SMILES string of the molecule is C=C(C#N)/C=C\CCN(CC(C)=NCC)C(=O)OC(C)(C)C. The Morgan fingerprint density at radius 2 is 2.09 bits per heavy atom. The molecule has 0 heterocycles. The summed E-state index contributed by atoms with van der Waals surface area (Å²) < 4.78 is 5.42. The van der Waals surface area contributed by atoms with Crippen molar-refractivity contribution in [1.29, 1.82) is 5.26 Å². The number of nitrogens with zero attached hydrogens (tertiary/aromatic N) is 3. The van der Waals surface area contributed by atoms with Crippen molar-refractivity contribution in [3.8, 4) is 6.07 Å². The molecule has 0 aliphatic rings. The molecule has 0 bridgehead atoms. The third kappa shape index (κ3) is 9.76. The Balaban J connectivity index is 4.76. The van der Waals surface area contributed by atoms with Crippen LogP contribution in [0.25, 0.3) is 0 Å². The molecule has 0 saturated heterocycles. The molecule has 0 unspecified atom stereocenters. The summed E-state index contributed by atoms with van der Waals surface area (Å²) in [4.78, 5) is 18.2. The van der Waals surface area contributed by atoms with E-state index in [1.165, 1.54) is 0 Å². The van der Waals surface area contributed by atoms with Crippen molar-refractivity contribution in [2.45, 2.75) is 46.6 Å². The van der Waals surface area contributed by atoms with E-state index in [2.05, 4.69) is 11.6 Å². The van der Waals surface area contributed by atoms with Crippen LogP contribution in [0.5, 0.6) is 0 Å². The Morgan fingerprint density at radius 3 is 2.59 bits per heavy atom. The van der Waals surface area contributed by atoms with Gasteiger partial charge in [0, 0.05) is 24.4 Å². The van der Waals surface area contributed by atoms with E-state index in [0.29, 0.717) is 31.6 Å². The lowest BCUT2D eigenvalue weighted by Crippen LogP contribution is -2.39. The molecule has 122 valence electrons. The van der Waals surface area contributed by atoms with Gasteiger partial charge in [-0.25, -0.2) is 4.79 Å². The maximum absolute atomic E-state index is 12.2. The van der Waals surface area contributed by atoms with Crippen LogP contribution in [-0.2, 0) is 4.74 Å². The number of hydrogen-bond donors (Lipinski definition) is 0. The molecule has 5 heteroatoms. The molecule has 0 saturated carbocycles. The highest BCUT2D eigenvalue weighted by atomic mass is 16.6. The molecule has 0 aromatic rings. The monoisotopic (exact) mass is 305 g/mol. The molecule has 0 spiro atoms. The molecule has 22 heavy (non-hydrogen) atoms. The Hall–Kier alpha value is -2.09. The van der Waals surface area contributed by atoms with Gasteiger partial charge in [-0.15, -0.1) is 0 Å². The molecule has 0 aliphatic carbocycles. The van der Waals surface area contributed by atoms with Gasteiger partial charge in [0.1, 0.15) is 5.60 Å². The zero-order chi connectivity index (χ0) is 17.2. The fourth-order valence-corrected chi connectivity index (χ4v) is 1.65. The number of rotatable bonds is 7. The topological polar surface area (TPSA) is 65.7 Å². The Bertz CT molecular complexity index is 479. The first kappa shape index (κ1) is 19.9. The molecular weight excluding hydrogens is 278 g/mol. The molecule has 0 aromatic heterocycles.